The normalized spacial score (nSPS) is 15.1. The van der Waals surface area contributed by atoms with Crippen LogP contribution in [0.15, 0.2) is 54.3 Å². The Labute approximate surface area is 96.8 Å². The summed E-state index contributed by atoms with van der Waals surface area (Å²) < 4.78 is 5.20. The molecule has 0 atom stereocenters. The third-order valence-corrected chi connectivity index (χ3v) is 2.73. The lowest BCUT2D eigenvalue weighted by Gasteiger charge is -2.03. The van der Waals surface area contributed by atoms with Crippen LogP contribution in [-0.2, 0) is 4.74 Å². The summed E-state index contributed by atoms with van der Waals surface area (Å²) in [5.41, 5.74) is 3.90. The zero-order chi connectivity index (χ0) is 11.4. The lowest BCUT2D eigenvalue weighted by molar-refractivity contribution is 0.307. The van der Waals surface area contributed by atoms with E-state index in [0.717, 1.165) is 12.2 Å². The van der Waals surface area contributed by atoms with Gasteiger partial charge in [-0.1, -0.05) is 42.0 Å². The standard InChI is InChI=1S/C15H16O/c1-12-6-8-14(9-7-12)13-4-3-5-15(16-2)11-10-13/h3,5-11H,4H2,1-2H3. The Bertz CT molecular complexity index is 447. The predicted molar refractivity (Wildman–Crippen MR) is 68.0 cm³/mol. The van der Waals surface area contributed by atoms with E-state index in [9.17, 15) is 0 Å². The van der Waals surface area contributed by atoms with Crippen molar-refractivity contribution < 1.29 is 4.74 Å². The van der Waals surface area contributed by atoms with Gasteiger partial charge in [0, 0.05) is 0 Å². The van der Waals surface area contributed by atoms with E-state index in [1.165, 1.54) is 16.7 Å². The molecule has 1 nitrogen and oxygen atoms in total. The number of hydrogen-bond acceptors (Lipinski definition) is 1. The summed E-state index contributed by atoms with van der Waals surface area (Å²) in [5, 5.41) is 0. The summed E-state index contributed by atoms with van der Waals surface area (Å²) in [6.07, 6.45) is 9.24. The molecule has 1 aliphatic carbocycles. The smallest absolute Gasteiger partial charge is 0.118 e. The average molecular weight is 212 g/mol. The second-order valence-electron chi connectivity index (χ2n) is 3.94. The first-order chi connectivity index (χ1) is 7.79. The second kappa shape index (κ2) is 4.84. The van der Waals surface area contributed by atoms with Gasteiger partial charge in [-0.2, -0.15) is 0 Å². The summed E-state index contributed by atoms with van der Waals surface area (Å²) in [4.78, 5) is 0. The van der Waals surface area contributed by atoms with Crippen molar-refractivity contribution in [2.45, 2.75) is 13.3 Å². The molecule has 0 amide bonds. The molecule has 0 radical (unpaired) electrons. The Hall–Kier alpha value is -1.76. The number of ether oxygens (including phenoxy) is 1. The molecule has 0 aromatic heterocycles. The molecular formula is C15H16O. The van der Waals surface area contributed by atoms with Crippen molar-refractivity contribution in [2.24, 2.45) is 0 Å². The fraction of sp³-hybridized carbons (Fsp3) is 0.200. The van der Waals surface area contributed by atoms with Crippen molar-refractivity contribution in [3.63, 3.8) is 0 Å². The van der Waals surface area contributed by atoms with Gasteiger partial charge < -0.3 is 4.74 Å². The molecule has 0 saturated carbocycles. The Morgan fingerprint density at radius 2 is 1.81 bits per heavy atom. The van der Waals surface area contributed by atoms with Crippen LogP contribution in [0.5, 0.6) is 0 Å². The summed E-state index contributed by atoms with van der Waals surface area (Å²) >= 11 is 0. The second-order valence-corrected chi connectivity index (χ2v) is 3.94. The van der Waals surface area contributed by atoms with Crippen LogP contribution in [0.25, 0.3) is 5.57 Å². The molecule has 0 fully saturated rings. The van der Waals surface area contributed by atoms with E-state index in [4.69, 9.17) is 4.74 Å². The minimum absolute atomic E-state index is 0.905. The van der Waals surface area contributed by atoms with E-state index in [-0.39, 0.29) is 0 Å². The topological polar surface area (TPSA) is 9.23 Å². The Balaban J connectivity index is 2.28. The molecule has 1 aromatic rings. The van der Waals surface area contributed by atoms with E-state index in [1.54, 1.807) is 7.11 Å². The van der Waals surface area contributed by atoms with Crippen molar-refractivity contribution >= 4 is 5.57 Å². The Morgan fingerprint density at radius 1 is 1.06 bits per heavy atom. The average Bonchev–Trinajstić information content (AvgIpc) is 2.55. The van der Waals surface area contributed by atoms with Gasteiger partial charge in [-0.05, 0) is 36.6 Å². The van der Waals surface area contributed by atoms with Gasteiger partial charge in [-0.15, -0.1) is 0 Å². The molecular weight excluding hydrogens is 196 g/mol. The Kier molecular flexibility index (Phi) is 3.25. The van der Waals surface area contributed by atoms with Crippen molar-refractivity contribution in [1.29, 1.82) is 0 Å². The van der Waals surface area contributed by atoms with Gasteiger partial charge >= 0.3 is 0 Å². The van der Waals surface area contributed by atoms with Gasteiger partial charge in [0.1, 0.15) is 5.76 Å². The molecule has 82 valence electrons. The molecule has 0 saturated heterocycles. The van der Waals surface area contributed by atoms with Crippen LogP contribution in [0.1, 0.15) is 17.5 Å². The molecule has 0 spiro atoms. The monoisotopic (exact) mass is 212 g/mol. The number of allylic oxidation sites excluding steroid dienone is 5. The SMILES string of the molecule is COC1=CC=C(c2ccc(C)cc2)CC=C1. The van der Waals surface area contributed by atoms with Crippen LogP contribution >= 0.6 is 0 Å². The lowest BCUT2D eigenvalue weighted by Crippen LogP contribution is -1.82. The fourth-order valence-corrected chi connectivity index (χ4v) is 1.73. The van der Waals surface area contributed by atoms with E-state index in [1.807, 2.05) is 12.2 Å². The van der Waals surface area contributed by atoms with Crippen molar-refractivity contribution in [1.82, 2.24) is 0 Å². The van der Waals surface area contributed by atoms with Crippen molar-refractivity contribution in [2.75, 3.05) is 7.11 Å². The highest BCUT2D eigenvalue weighted by Gasteiger charge is 2.02. The predicted octanol–water partition coefficient (Wildman–Crippen LogP) is 3.87. The number of benzene rings is 1. The van der Waals surface area contributed by atoms with Gasteiger partial charge in [0.2, 0.25) is 0 Å². The highest BCUT2D eigenvalue weighted by atomic mass is 16.5. The van der Waals surface area contributed by atoms with Gasteiger partial charge in [-0.25, -0.2) is 0 Å². The molecule has 0 N–H and O–H groups in total. The molecule has 0 heterocycles. The van der Waals surface area contributed by atoms with Crippen molar-refractivity contribution in [3.8, 4) is 0 Å². The molecule has 0 unspecified atom stereocenters. The quantitative estimate of drug-likeness (QED) is 0.723. The van der Waals surface area contributed by atoms with Crippen LogP contribution < -0.4 is 0 Å². The van der Waals surface area contributed by atoms with E-state index >= 15 is 0 Å². The largest absolute Gasteiger partial charge is 0.497 e. The molecule has 1 heteroatoms. The maximum atomic E-state index is 5.20. The molecule has 1 aromatic carbocycles. The van der Waals surface area contributed by atoms with Crippen LogP contribution in [0, 0.1) is 6.92 Å². The third kappa shape index (κ3) is 2.43. The highest BCUT2D eigenvalue weighted by Crippen LogP contribution is 2.22. The van der Waals surface area contributed by atoms with Crippen molar-refractivity contribution in [3.05, 3.63) is 65.5 Å². The fourth-order valence-electron chi connectivity index (χ4n) is 1.73. The Morgan fingerprint density at radius 3 is 2.50 bits per heavy atom. The minimum Gasteiger partial charge on any atom is -0.497 e. The molecule has 0 bridgehead atoms. The van der Waals surface area contributed by atoms with Crippen LogP contribution in [0.2, 0.25) is 0 Å². The number of hydrogen-bond donors (Lipinski definition) is 0. The number of aryl methyl sites for hydroxylation is 1. The minimum atomic E-state index is 0.905. The van der Waals surface area contributed by atoms with E-state index in [0.29, 0.717) is 0 Å². The van der Waals surface area contributed by atoms with Crippen LogP contribution in [-0.4, -0.2) is 7.11 Å². The molecule has 1 aliphatic rings. The maximum absolute atomic E-state index is 5.20. The van der Waals surface area contributed by atoms with E-state index < -0.39 is 0 Å². The maximum Gasteiger partial charge on any atom is 0.118 e. The third-order valence-electron chi connectivity index (χ3n) is 2.73. The van der Waals surface area contributed by atoms with E-state index in [2.05, 4.69) is 43.3 Å². The summed E-state index contributed by atoms with van der Waals surface area (Å²) in [5.74, 6) is 0.905. The number of methoxy groups -OCH3 is 1. The molecule has 16 heavy (non-hydrogen) atoms. The summed E-state index contributed by atoms with van der Waals surface area (Å²) in [6, 6.07) is 8.62. The van der Waals surface area contributed by atoms with Crippen LogP contribution in [0.4, 0.5) is 0 Å². The zero-order valence-electron chi connectivity index (χ0n) is 9.73. The summed E-state index contributed by atoms with van der Waals surface area (Å²) in [6.45, 7) is 2.11. The first-order valence-electron chi connectivity index (χ1n) is 5.48. The molecule has 2 rings (SSSR count). The van der Waals surface area contributed by atoms with Gasteiger partial charge in [0.05, 0.1) is 7.11 Å². The molecule has 0 aliphatic heterocycles. The van der Waals surface area contributed by atoms with Gasteiger partial charge in [-0.3, -0.25) is 0 Å². The lowest BCUT2D eigenvalue weighted by atomic mass is 10.0. The van der Waals surface area contributed by atoms with Gasteiger partial charge in [0.15, 0.2) is 0 Å². The first kappa shape index (κ1) is 10.7. The highest BCUT2D eigenvalue weighted by molar-refractivity contribution is 5.69. The summed E-state index contributed by atoms with van der Waals surface area (Å²) in [7, 11) is 1.70. The first-order valence-corrected chi connectivity index (χ1v) is 5.48. The zero-order valence-corrected chi connectivity index (χ0v) is 9.73. The van der Waals surface area contributed by atoms with Gasteiger partial charge in [0.25, 0.3) is 0 Å². The van der Waals surface area contributed by atoms with Crippen LogP contribution in [0.3, 0.4) is 0 Å². The number of rotatable bonds is 2.